The lowest BCUT2D eigenvalue weighted by molar-refractivity contribution is -0.127. The number of carbonyl (C=O) groups excluding carboxylic acids is 1. The van der Waals surface area contributed by atoms with Gasteiger partial charge in [0.1, 0.15) is 0 Å². The quantitative estimate of drug-likeness (QED) is 0.571. The summed E-state index contributed by atoms with van der Waals surface area (Å²) in [7, 11) is 0. The van der Waals surface area contributed by atoms with Crippen LogP contribution in [0.3, 0.4) is 0 Å². The molecule has 3 heterocycles. The van der Waals surface area contributed by atoms with Crippen LogP contribution in [-0.2, 0) is 11.3 Å². The van der Waals surface area contributed by atoms with E-state index in [4.69, 9.17) is 9.47 Å². The zero-order chi connectivity index (χ0) is 21.9. The fourth-order valence-corrected chi connectivity index (χ4v) is 3.81. The molecule has 1 fully saturated rings. The van der Waals surface area contributed by atoms with Gasteiger partial charge in [-0.1, -0.05) is 23.8 Å². The van der Waals surface area contributed by atoms with Crippen LogP contribution < -0.4 is 9.47 Å². The van der Waals surface area contributed by atoms with Gasteiger partial charge in [0, 0.05) is 32.3 Å². The van der Waals surface area contributed by atoms with Crippen molar-refractivity contribution in [3.8, 4) is 17.2 Å². The molecule has 1 amide bonds. The first kappa shape index (κ1) is 20.2. The number of aryl methyl sites for hydroxylation is 1. The van der Waals surface area contributed by atoms with Gasteiger partial charge < -0.3 is 14.4 Å². The molecule has 0 spiro atoms. The lowest BCUT2D eigenvalue weighted by Crippen LogP contribution is -2.48. The molecule has 1 aromatic heterocycles. The molecular formula is C23H24N6O3. The minimum atomic E-state index is 0.00630. The van der Waals surface area contributed by atoms with Gasteiger partial charge in [0.2, 0.25) is 12.7 Å². The number of amides is 1. The fourth-order valence-electron chi connectivity index (χ4n) is 3.81. The monoisotopic (exact) mass is 432 g/mol. The molecule has 2 aliphatic rings. The molecule has 2 aliphatic heterocycles. The molecule has 0 radical (unpaired) electrons. The van der Waals surface area contributed by atoms with Crippen LogP contribution in [0.2, 0.25) is 0 Å². The zero-order valence-electron chi connectivity index (χ0n) is 17.8. The first-order chi connectivity index (χ1) is 15.7. The molecule has 1 saturated heterocycles. The second-order valence-electron chi connectivity index (χ2n) is 7.89. The van der Waals surface area contributed by atoms with Crippen LogP contribution in [-0.4, -0.2) is 68.9 Å². The highest BCUT2D eigenvalue weighted by atomic mass is 16.7. The number of carbonyl (C=O) groups is 1. The Morgan fingerprint density at radius 3 is 2.62 bits per heavy atom. The van der Waals surface area contributed by atoms with Gasteiger partial charge in [0.05, 0.1) is 12.2 Å². The average Bonchev–Trinajstić information content (AvgIpc) is 3.47. The predicted octanol–water partition coefficient (Wildman–Crippen LogP) is 2.06. The van der Waals surface area contributed by atoms with Crippen LogP contribution in [0.1, 0.15) is 17.0 Å². The summed E-state index contributed by atoms with van der Waals surface area (Å²) in [6, 6.07) is 13.8. The van der Waals surface area contributed by atoms with E-state index in [0.717, 1.165) is 35.9 Å². The molecule has 164 valence electrons. The zero-order valence-corrected chi connectivity index (χ0v) is 17.8. The van der Waals surface area contributed by atoms with Gasteiger partial charge in [0.25, 0.3) is 0 Å². The highest BCUT2D eigenvalue weighted by Crippen LogP contribution is 2.32. The number of nitrogens with zero attached hydrogens (tertiary/aromatic N) is 6. The second kappa shape index (κ2) is 8.80. The first-order valence-electron chi connectivity index (χ1n) is 10.6. The third kappa shape index (κ3) is 4.33. The van der Waals surface area contributed by atoms with E-state index in [9.17, 15) is 4.79 Å². The van der Waals surface area contributed by atoms with Crippen LogP contribution >= 0.6 is 0 Å². The van der Waals surface area contributed by atoms with Crippen molar-refractivity contribution < 1.29 is 14.3 Å². The molecule has 0 bridgehead atoms. The summed E-state index contributed by atoms with van der Waals surface area (Å²) in [6.45, 7) is 5.79. The summed E-state index contributed by atoms with van der Waals surface area (Å²) >= 11 is 0. The minimum absolute atomic E-state index is 0.00630. The average molecular weight is 432 g/mol. The molecule has 32 heavy (non-hydrogen) atoms. The molecule has 2 aromatic carbocycles. The van der Waals surface area contributed by atoms with Gasteiger partial charge in [-0.15, -0.1) is 5.10 Å². The van der Waals surface area contributed by atoms with E-state index >= 15 is 0 Å². The van der Waals surface area contributed by atoms with Crippen molar-refractivity contribution in [2.45, 2.75) is 13.5 Å². The summed E-state index contributed by atoms with van der Waals surface area (Å²) in [6.07, 6.45) is 3.43. The molecule has 9 heteroatoms. The smallest absolute Gasteiger partial charge is 0.246 e. The Balaban J connectivity index is 1.16. The third-order valence-corrected chi connectivity index (χ3v) is 5.68. The van der Waals surface area contributed by atoms with E-state index < -0.39 is 0 Å². The Morgan fingerprint density at radius 1 is 1.03 bits per heavy atom. The summed E-state index contributed by atoms with van der Waals surface area (Å²) in [5, 5.41) is 12.2. The molecule has 0 unspecified atom stereocenters. The van der Waals surface area contributed by atoms with Crippen LogP contribution in [0.4, 0.5) is 0 Å². The van der Waals surface area contributed by atoms with Gasteiger partial charge in [-0.3, -0.25) is 9.69 Å². The number of hydrogen-bond acceptors (Lipinski definition) is 7. The van der Waals surface area contributed by atoms with Crippen molar-refractivity contribution in [1.29, 1.82) is 0 Å². The topological polar surface area (TPSA) is 85.6 Å². The predicted molar refractivity (Wildman–Crippen MR) is 117 cm³/mol. The highest BCUT2D eigenvalue weighted by molar-refractivity contribution is 5.92. The van der Waals surface area contributed by atoms with Crippen LogP contribution in [0.5, 0.6) is 11.5 Å². The molecule has 0 aliphatic carbocycles. The number of tetrazole rings is 1. The van der Waals surface area contributed by atoms with Crippen molar-refractivity contribution >= 4 is 12.0 Å². The van der Waals surface area contributed by atoms with Gasteiger partial charge in [-0.2, -0.15) is 4.68 Å². The van der Waals surface area contributed by atoms with Crippen molar-refractivity contribution in [3.63, 3.8) is 0 Å². The Kier molecular flexibility index (Phi) is 5.55. The number of piperazine rings is 1. The standard InChI is InChI=1S/C23H24N6O3/c1-17-2-6-19(7-3-17)29-22(24-25-26-29)15-27-10-12-28(13-11-27)23(30)9-5-18-4-8-20-21(14-18)32-16-31-20/h2-9,14H,10-13,15-16H2,1H3/b9-5+. The normalized spacial score (nSPS) is 16.1. The van der Waals surface area contributed by atoms with Gasteiger partial charge >= 0.3 is 0 Å². The number of benzene rings is 2. The third-order valence-electron chi connectivity index (χ3n) is 5.68. The fraction of sp³-hybridized carbons (Fsp3) is 0.304. The van der Waals surface area contributed by atoms with Crippen LogP contribution in [0.25, 0.3) is 11.8 Å². The lowest BCUT2D eigenvalue weighted by Gasteiger charge is -2.33. The van der Waals surface area contributed by atoms with Gasteiger partial charge in [0.15, 0.2) is 17.3 Å². The maximum atomic E-state index is 12.6. The maximum Gasteiger partial charge on any atom is 0.246 e. The SMILES string of the molecule is Cc1ccc(-n2nnnc2CN2CCN(C(=O)/C=C/c3ccc4c(c3)OCO4)CC2)cc1. The molecule has 0 atom stereocenters. The molecule has 0 saturated carbocycles. The Hall–Kier alpha value is -3.72. The van der Waals surface area contributed by atoms with Crippen LogP contribution in [0, 0.1) is 6.92 Å². The van der Waals surface area contributed by atoms with Crippen molar-refractivity contribution in [2.75, 3.05) is 33.0 Å². The van der Waals surface area contributed by atoms with E-state index in [0.29, 0.717) is 25.4 Å². The first-order valence-corrected chi connectivity index (χ1v) is 10.6. The van der Waals surface area contributed by atoms with Crippen molar-refractivity contribution in [3.05, 3.63) is 65.5 Å². The Morgan fingerprint density at radius 2 is 1.81 bits per heavy atom. The van der Waals surface area contributed by atoms with E-state index in [1.807, 2.05) is 53.4 Å². The number of rotatable bonds is 5. The minimum Gasteiger partial charge on any atom is -0.454 e. The van der Waals surface area contributed by atoms with Crippen LogP contribution in [0.15, 0.2) is 48.5 Å². The summed E-state index contributed by atoms with van der Waals surface area (Å²) < 4.78 is 12.5. The number of ether oxygens (including phenoxy) is 2. The van der Waals surface area contributed by atoms with Gasteiger partial charge in [-0.25, -0.2) is 0 Å². The Bertz CT molecular complexity index is 1130. The molecule has 5 rings (SSSR count). The molecule has 3 aromatic rings. The number of hydrogen-bond donors (Lipinski definition) is 0. The highest BCUT2D eigenvalue weighted by Gasteiger charge is 2.22. The Labute approximate surface area is 185 Å². The molecule has 9 nitrogen and oxygen atoms in total. The molecular weight excluding hydrogens is 408 g/mol. The number of aromatic nitrogens is 4. The van der Waals surface area contributed by atoms with E-state index in [1.54, 1.807) is 10.8 Å². The van der Waals surface area contributed by atoms with Gasteiger partial charge in [-0.05, 0) is 53.3 Å². The lowest BCUT2D eigenvalue weighted by atomic mass is 10.2. The second-order valence-corrected chi connectivity index (χ2v) is 7.89. The summed E-state index contributed by atoms with van der Waals surface area (Å²) in [5.74, 6) is 2.24. The number of fused-ring (bicyclic) bond motifs is 1. The summed E-state index contributed by atoms with van der Waals surface area (Å²) in [5.41, 5.74) is 3.04. The largest absolute Gasteiger partial charge is 0.454 e. The van der Waals surface area contributed by atoms with Crippen molar-refractivity contribution in [2.24, 2.45) is 0 Å². The van der Waals surface area contributed by atoms with E-state index in [1.165, 1.54) is 5.56 Å². The maximum absolute atomic E-state index is 12.6. The molecule has 0 N–H and O–H groups in total. The van der Waals surface area contributed by atoms with E-state index in [-0.39, 0.29) is 12.7 Å². The van der Waals surface area contributed by atoms with Crippen molar-refractivity contribution in [1.82, 2.24) is 30.0 Å². The van der Waals surface area contributed by atoms with E-state index in [2.05, 4.69) is 27.3 Å². The summed E-state index contributed by atoms with van der Waals surface area (Å²) in [4.78, 5) is 16.8.